The van der Waals surface area contributed by atoms with Crippen molar-refractivity contribution in [3.63, 3.8) is 0 Å². The Morgan fingerprint density at radius 3 is 2.56 bits per heavy atom. The summed E-state index contributed by atoms with van der Waals surface area (Å²) in [6.45, 7) is 5.06. The van der Waals surface area contributed by atoms with Gasteiger partial charge < -0.3 is 15.7 Å². The first-order valence-electron chi connectivity index (χ1n) is 6.20. The molecule has 0 bridgehead atoms. The normalized spacial score (nSPS) is 13.9. The molecule has 0 fully saturated rings. The molecule has 0 aliphatic heterocycles. The molecule has 1 aromatic carbocycles. The van der Waals surface area contributed by atoms with Crippen LogP contribution in [-0.2, 0) is 0 Å². The number of nitrogens with two attached hydrogens (primary N) is 1. The van der Waals surface area contributed by atoms with Gasteiger partial charge in [-0.15, -0.1) is 0 Å². The maximum absolute atomic E-state index is 9.72. The predicted molar refractivity (Wildman–Crippen MR) is 76.8 cm³/mol. The van der Waals surface area contributed by atoms with Crippen molar-refractivity contribution >= 4 is 11.6 Å². The van der Waals surface area contributed by atoms with E-state index in [1.165, 1.54) is 0 Å². The van der Waals surface area contributed by atoms with E-state index in [2.05, 4.69) is 4.90 Å². The molecule has 0 heterocycles. The van der Waals surface area contributed by atoms with Crippen molar-refractivity contribution in [3.05, 3.63) is 34.9 Å². The molecular weight excluding hydrogens is 248 g/mol. The molecule has 0 amide bonds. The SMILES string of the molecule is CN(CCC(N)c1ccccc1Cl)CC(C)(C)O. The van der Waals surface area contributed by atoms with E-state index in [0.717, 1.165) is 23.6 Å². The van der Waals surface area contributed by atoms with Crippen molar-refractivity contribution in [1.82, 2.24) is 4.90 Å². The highest BCUT2D eigenvalue weighted by molar-refractivity contribution is 6.31. The van der Waals surface area contributed by atoms with Gasteiger partial charge in [-0.05, 0) is 45.5 Å². The van der Waals surface area contributed by atoms with Crippen LogP contribution in [-0.4, -0.2) is 35.7 Å². The van der Waals surface area contributed by atoms with Crippen molar-refractivity contribution < 1.29 is 5.11 Å². The van der Waals surface area contributed by atoms with Gasteiger partial charge in [0.05, 0.1) is 5.60 Å². The van der Waals surface area contributed by atoms with Gasteiger partial charge in [0.15, 0.2) is 0 Å². The zero-order valence-electron chi connectivity index (χ0n) is 11.4. The van der Waals surface area contributed by atoms with Crippen molar-refractivity contribution in [2.75, 3.05) is 20.1 Å². The van der Waals surface area contributed by atoms with Crippen LogP contribution in [0, 0.1) is 0 Å². The van der Waals surface area contributed by atoms with Crippen LogP contribution in [0.5, 0.6) is 0 Å². The molecule has 1 atom stereocenters. The number of rotatable bonds is 6. The Kier molecular flexibility index (Phi) is 5.60. The Bertz CT molecular complexity index is 376. The molecule has 1 rings (SSSR count). The average molecular weight is 271 g/mol. The summed E-state index contributed by atoms with van der Waals surface area (Å²) in [6.07, 6.45) is 0.816. The van der Waals surface area contributed by atoms with Crippen LogP contribution < -0.4 is 5.73 Å². The molecule has 3 nitrogen and oxygen atoms in total. The highest BCUT2D eigenvalue weighted by Gasteiger charge is 2.16. The summed E-state index contributed by atoms with van der Waals surface area (Å²) in [4.78, 5) is 2.08. The fourth-order valence-electron chi connectivity index (χ4n) is 2.03. The fraction of sp³-hybridized carbons (Fsp3) is 0.571. The zero-order chi connectivity index (χ0) is 13.8. The molecule has 0 aliphatic carbocycles. The number of aliphatic hydroxyl groups is 1. The van der Waals surface area contributed by atoms with E-state index in [1.807, 2.05) is 31.3 Å². The summed E-state index contributed by atoms with van der Waals surface area (Å²) in [5.41, 5.74) is 6.44. The lowest BCUT2D eigenvalue weighted by molar-refractivity contribution is 0.0438. The van der Waals surface area contributed by atoms with Crippen LogP contribution in [0.1, 0.15) is 31.9 Å². The lowest BCUT2D eigenvalue weighted by atomic mass is 10.0. The van der Waals surface area contributed by atoms with Crippen LogP contribution in [0.4, 0.5) is 0 Å². The number of halogens is 1. The number of likely N-dealkylation sites (N-methyl/N-ethyl adjacent to an activating group) is 1. The maximum Gasteiger partial charge on any atom is 0.0718 e. The van der Waals surface area contributed by atoms with Gasteiger partial charge in [-0.3, -0.25) is 0 Å². The highest BCUT2D eigenvalue weighted by Crippen LogP contribution is 2.23. The van der Waals surface area contributed by atoms with E-state index in [9.17, 15) is 5.11 Å². The quantitative estimate of drug-likeness (QED) is 0.835. The van der Waals surface area contributed by atoms with E-state index in [0.29, 0.717) is 6.54 Å². The molecule has 0 saturated heterocycles. The van der Waals surface area contributed by atoms with E-state index >= 15 is 0 Å². The molecule has 0 aromatic heterocycles. The van der Waals surface area contributed by atoms with E-state index in [-0.39, 0.29) is 6.04 Å². The number of benzene rings is 1. The third-order valence-corrected chi connectivity index (χ3v) is 3.13. The second-order valence-corrected chi connectivity index (χ2v) is 5.87. The summed E-state index contributed by atoms with van der Waals surface area (Å²) in [6, 6.07) is 7.60. The van der Waals surface area contributed by atoms with E-state index < -0.39 is 5.60 Å². The first kappa shape index (κ1) is 15.4. The minimum Gasteiger partial charge on any atom is -0.389 e. The Labute approximate surface area is 115 Å². The standard InChI is InChI=1S/C14H23ClN2O/c1-14(2,18)10-17(3)9-8-13(16)11-6-4-5-7-12(11)15/h4-7,13,18H,8-10,16H2,1-3H3. The molecule has 0 aliphatic rings. The number of nitrogens with zero attached hydrogens (tertiary/aromatic N) is 1. The second-order valence-electron chi connectivity index (χ2n) is 5.47. The van der Waals surface area contributed by atoms with Gasteiger partial charge in [-0.1, -0.05) is 29.8 Å². The molecule has 3 N–H and O–H groups in total. The van der Waals surface area contributed by atoms with Crippen LogP contribution in [0.15, 0.2) is 24.3 Å². The Hall–Kier alpha value is -0.610. The Balaban J connectivity index is 2.47. The molecule has 0 spiro atoms. The van der Waals surface area contributed by atoms with Crippen molar-refractivity contribution in [1.29, 1.82) is 0 Å². The van der Waals surface area contributed by atoms with Crippen molar-refractivity contribution in [2.45, 2.75) is 31.9 Å². The van der Waals surface area contributed by atoms with Crippen molar-refractivity contribution in [2.24, 2.45) is 5.73 Å². The van der Waals surface area contributed by atoms with Gasteiger partial charge in [-0.25, -0.2) is 0 Å². The maximum atomic E-state index is 9.72. The van der Waals surface area contributed by atoms with Gasteiger partial charge in [0.1, 0.15) is 0 Å². The number of hydrogen-bond acceptors (Lipinski definition) is 3. The van der Waals surface area contributed by atoms with Gasteiger partial charge >= 0.3 is 0 Å². The Morgan fingerprint density at radius 1 is 1.39 bits per heavy atom. The van der Waals surface area contributed by atoms with Crippen LogP contribution in [0.25, 0.3) is 0 Å². The predicted octanol–water partition coefficient (Wildman–Crippen LogP) is 2.43. The molecule has 1 unspecified atom stereocenters. The first-order valence-corrected chi connectivity index (χ1v) is 6.58. The van der Waals surface area contributed by atoms with Crippen LogP contribution >= 0.6 is 11.6 Å². The zero-order valence-corrected chi connectivity index (χ0v) is 12.1. The van der Waals surface area contributed by atoms with Gasteiger partial charge in [0.25, 0.3) is 0 Å². The minimum atomic E-state index is -0.677. The van der Waals surface area contributed by atoms with Gasteiger partial charge in [0.2, 0.25) is 0 Å². The van der Waals surface area contributed by atoms with Crippen LogP contribution in [0.2, 0.25) is 5.02 Å². The molecule has 0 radical (unpaired) electrons. The van der Waals surface area contributed by atoms with Crippen molar-refractivity contribution in [3.8, 4) is 0 Å². The lowest BCUT2D eigenvalue weighted by Crippen LogP contribution is -2.37. The second kappa shape index (κ2) is 6.53. The lowest BCUT2D eigenvalue weighted by Gasteiger charge is -2.26. The molecule has 1 aromatic rings. The smallest absolute Gasteiger partial charge is 0.0718 e. The average Bonchev–Trinajstić information content (AvgIpc) is 2.24. The minimum absolute atomic E-state index is 0.0667. The summed E-state index contributed by atoms with van der Waals surface area (Å²) >= 11 is 6.11. The monoisotopic (exact) mass is 270 g/mol. The van der Waals surface area contributed by atoms with E-state index in [4.69, 9.17) is 17.3 Å². The summed E-state index contributed by atoms with van der Waals surface area (Å²) in [7, 11) is 1.98. The van der Waals surface area contributed by atoms with Crippen LogP contribution in [0.3, 0.4) is 0 Å². The van der Waals surface area contributed by atoms with E-state index in [1.54, 1.807) is 13.8 Å². The third kappa shape index (κ3) is 5.36. The number of hydrogen-bond donors (Lipinski definition) is 2. The highest BCUT2D eigenvalue weighted by atomic mass is 35.5. The third-order valence-electron chi connectivity index (χ3n) is 2.78. The molecular formula is C14H23ClN2O. The summed E-state index contributed by atoms with van der Waals surface area (Å²) in [5.74, 6) is 0. The largest absolute Gasteiger partial charge is 0.389 e. The molecule has 18 heavy (non-hydrogen) atoms. The summed E-state index contributed by atoms with van der Waals surface area (Å²) < 4.78 is 0. The fourth-order valence-corrected chi connectivity index (χ4v) is 2.31. The molecule has 0 saturated carbocycles. The summed E-state index contributed by atoms with van der Waals surface area (Å²) in [5, 5.41) is 10.4. The Morgan fingerprint density at radius 2 is 2.00 bits per heavy atom. The topological polar surface area (TPSA) is 49.5 Å². The first-order chi connectivity index (χ1) is 8.29. The molecule has 102 valence electrons. The van der Waals surface area contributed by atoms with Gasteiger partial charge in [0, 0.05) is 17.6 Å². The van der Waals surface area contributed by atoms with Gasteiger partial charge in [-0.2, -0.15) is 0 Å². The molecule has 4 heteroatoms.